The van der Waals surface area contributed by atoms with E-state index >= 15 is 0 Å². The maximum Gasteiger partial charge on any atom is 0.573 e. The van der Waals surface area contributed by atoms with E-state index < -0.39 is 6.36 Å². The van der Waals surface area contributed by atoms with E-state index in [1.807, 2.05) is 18.2 Å². The molecule has 0 unspecified atom stereocenters. The molecule has 0 amide bonds. The number of nitrogens with one attached hydrogen (secondary N) is 1. The molecule has 1 heterocycles. The summed E-state index contributed by atoms with van der Waals surface area (Å²) in [7, 11) is 0. The monoisotopic (exact) mass is 293 g/mol. The van der Waals surface area contributed by atoms with Gasteiger partial charge in [0, 0.05) is 11.3 Å². The Hall–Kier alpha value is -2.70. The predicted molar refractivity (Wildman–Crippen MR) is 72.6 cm³/mol. The van der Waals surface area contributed by atoms with E-state index in [-0.39, 0.29) is 5.75 Å². The highest BCUT2D eigenvalue weighted by Gasteiger charge is 2.31. The van der Waals surface area contributed by atoms with Crippen LogP contribution in [0, 0.1) is 0 Å². The van der Waals surface area contributed by atoms with Gasteiger partial charge >= 0.3 is 6.36 Å². The van der Waals surface area contributed by atoms with Gasteiger partial charge in [-0.05, 0) is 30.3 Å². The number of H-pyrrole nitrogens is 1. The fourth-order valence-electron chi connectivity index (χ4n) is 2.02. The molecule has 4 nitrogen and oxygen atoms in total. The van der Waals surface area contributed by atoms with E-state index in [1.165, 1.54) is 12.1 Å². The third kappa shape index (κ3) is 2.76. The molecule has 0 aliphatic rings. The van der Waals surface area contributed by atoms with Gasteiger partial charge in [-0.1, -0.05) is 12.1 Å². The van der Waals surface area contributed by atoms with Crippen LogP contribution >= 0.6 is 0 Å². The van der Waals surface area contributed by atoms with Crippen LogP contribution in [0.2, 0.25) is 0 Å². The Kier molecular flexibility index (Phi) is 2.97. The molecule has 0 atom stereocenters. The molecule has 21 heavy (non-hydrogen) atoms. The molecule has 3 rings (SSSR count). The normalized spacial score (nSPS) is 11.8. The number of imidazole rings is 1. The summed E-state index contributed by atoms with van der Waals surface area (Å²) in [6.45, 7) is 0. The molecule has 2 aromatic carbocycles. The zero-order valence-corrected chi connectivity index (χ0v) is 10.6. The number of rotatable bonds is 2. The van der Waals surface area contributed by atoms with Crippen LogP contribution in [0.4, 0.5) is 18.9 Å². The van der Waals surface area contributed by atoms with Gasteiger partial charge in [-0.15, -0.1) is 13.2 Å². The molecule has 3 N–H and O–H groups in total. The lowest BCUT2D eigenvalue weighted by Gasteiger charge is -2.10. The average molecular weight is 293 g/mol. The lowest BCUT2D eigenvalue weighted by atomic mass is 10.1. The number of halogens is 3. The summed E-state index contributed by atoms with van der Waals surface area (Å²) < 4.78 is 40.7. The molecule has 1 aromatic heterocycles. The van der Waals surface area contributed by atoms with Crippen molar-refractivity contribution in [1.82, 2.24) is 9.97 Å². The van der Waals surface area contributed by atoms with Crippen molar-refractivity contribution in [3.8, 4) is 17.1 Å². The number of benzene rings is 2. The van der Waals surface area contributed by atoms with Gasteiger partial charge < -0.3 is 15.5 Å². The van der Waals surface area contributed by atoms with Crippen molar-refractivity contribution in [3.63, 3.8) is 0 Å². The smallest absolute Gasteiger partial charge is 0.406 e. The number of ether oxygens (including phenoxy) is 1. The molecule has 0 aliphatic heterocycles. The Labute approximate surface area is 117 Å². The maximum atomic E-state index is 12.3. The Morgan fingerprint density at radius 2 is 1.86 bits per heavy atom. The zero-order chi connectivity index (χ0) is 15.0. The summed E-state index contributed by atoms with van der Waals surface area (Å²) in [4.78, 5) is 7.32. The standard InChI is InChI=1S/C14H10F3N3O/c15-14(16,17)21-8-5-6-10(18)9(7-8)13-19-11-3-1-2-4-12(11)20-13/h1-7H,18H2,(H,19,20). The van der Waals surface area contributed by atoms with Crippen LogP contribution in [-0.2, 0) is 0 Å². The maximum absolute atomic E-state index is 12.3. The Morgan fingerprint density at radius 3 is 2.57 bits per heavy atom. The minimum absolute atomic E-state index is 0.309. The number of hydrogen-bond acceptors (Lipinski definition) is 3. The second-order valence-corrected chi connectivity index (χ2v) is 4.40. The number of hydrogen-bond donors (Lipinski definition) is 2. The van der Waals surface area contributed by atoms with Gasteiger partial charge in [0.1, 0.15) is 11.6 Å². The van der Waals surface area contributed by atoms with Gasteiger partial charge in [0.15, 0.2) is 0 Å². The number of fused-ring (bicyclic) bond motifs is 1. The van der Waals surface area contributed by atoms with Crippen molar-refractivity contribution >= 4 is 16.7 Å². The molecule has 108 valence electrons. The fourth-order valence-corrected chi connectivity index (χ4v) is 2.02. The Bertz CT molecular complexity index is 763. The molecule has 0 saturated carbocycles. The van der Waals surface area contributed by atoms with E-state index in [0.29, 0.717) is 22.6 Å². The second kappa shape index (κ2) is 4.69. The first-order valence-corrected chi connectivity index (χ1v) is 6.03. The predicted octanol–water partition coefficient (Wildman–Crippen LogP) is 3.71. The number of nitrogen functional groups attached to an aromatic ring is 1. The summed E-state index contributed by atoms with van der Waals surface area (Å²) in [6.07, 6.45) is -4.75. The van der Waals surface area contributed by atoms with Crippen molar-refractivity contribution < 1.29 is 17.9 Å². The van der Waals surface area contributed by atoms with Crippen LogP contribution in [-0.4, -0.2) is 16.3 Å². The number of nitrogens with zero attached hydrogens (tertiary/aromatic N) is 1. The van der Waals surface area contributed by atoms with Crippen molar-refractivity contribution in [2.24, 2.45) is 0 Å². The van der Waals surface area contributed by atoms with Gasteiger partial charge in [-0.3, -0.25) is 0 Å². The van der Waals surface area contributed by atoms with E-state index in [4.69, 9.17) is 5.73 Å². The Balaban J connectivity index is 2.06. The quantitative estimate of drug-likeness (QED) is 0.708. The number of aromatic amines is 1. The average Bonchev–Trinajstić information content (AvgIpc) is 2.83. The molecule has 0 aliphatic carbocycles. The first kappa shape index (κ1) is 13.3. The van der Waals surface area contributed by atoms with Crippen LogP contribution in [0.3, 0.4) is 0 Å². The van der Waals surface area contributed by atoms with Gasteiger partial charge in [-0.2, -0.15) is 0 Å². The number of alkyl halides is 3. The molecule has 0 bridgehead atoms. The SMILES string of the molecule is Nc1ccc(OC(F)(F)F)cc1-c1nc2ccccc2[nH]1. The summed E-state index contributed by atoms with van der Waals surface area (Å²) in [5, 5.41) is 0. The minimum atomic E-state index is -4.75. The topological polar surface area (TPSA) is 63.9 Å². The molecule has 0 radical (unpaired) electrons. The highest BCUT2D eigenvalue weighted by atomic mass is 19.4. The van der Waals surface area contributed by atoms with Crippen LogP contribution < -0.4 is 10.5 Å². The van der Waals surface area contributed by atoms with Crippen molar-refractivity contribution in [1.29, 1.82) is 0 Å². The second-order valence-electron chi connectivity index (χ2n) is 4.40. The third-order valence-electron chi connectivity index (χ3n) is 2.90. The highest BCUT2D eigenvalue weighted by Crippen LogP contribution is 2.31. The van der Waals surface area contributed by atoms with Crippen molar-refractivity contribution in [2.45, 2.75) is 6.36 Å². The van der Waals surface area contributed by atoms with E-state index in [2.05, 4.69) is 14.7 Å². The van der Waals surface area contributed by atoms with Gasteiger partial charge in [0.25, 0.3) is 0 Å². The molecule has 0 fully saturated rings. The summed E-state index contributed by atoms with van der Waals surface area (Å²) in [5.74, 6) is 0.0495. The molecule has 0 saturated heterocycles. The van der Waals surface area contributed by atoms with Crippen LogP contribution in [0.5, 0.6) is 5.75 Å². The molecule has 3 aromatic rings. The molecular formula is C14H10F3N3O. The lowest BCUT2D eigenvalue weighted by Crippen LogP contribution is -2.17. The van der Waals surface area contributed by atoms with Crippen LogP contribution in [0.1, 0.15) is 0 Å². The lowest BCUT2D eigenvalue weighted by molar-refractivity contribution is -0.274. The number of para-hydroxylation sites is 2. The zero-order valence-electron chi connectivity index (χ0n) is 10.6. The number of aromatic nitrogens is 2. The summed E-state index contributed by atoms with van der Waals surface area (Å²) >= 11 is 0. The van der Waals surface area contributed by atoms with Gasteiger partial charge in [0.05, 0.1) is 11.0 Å². The van der Waals surface area contributed by atoms with Gasteiger partial charge in [0.2, 0.25) is 0 Å². The van der Waals surface area contributed by atoms with Crippen LogP contribution in [0.25, 0.3) is 22.4 Å². The van der Waals surface area contributed by atoms with E-state index in [9.17, 15) is 13.2 Å². The molecule has 0 spiro atoms. The first-order chi connectivity index (χ1) is 9.92. The van der Waals surface area contributed by atoms with E-state index in [1.54, 1.807) is 6.07 Å². The minimum Gasteiger partial charge on any atom is -0.406 e. The first-order valence-electron chi connectivity index (χ1n) is 6.03. The van der Waals surface area contributed by atoms with Crippen molar-refractivity contribution in [3.05, 3.63) is 42.5 Å². The molecule has 7 heteroatoms. The number of anilines is 1. The third-order valence-corrected chi connectivity index (χ3v) is 2.90. The largest absolute Gasteiger partial charge is 0.573 e. The van der Waals surface area contributed by atoms with Crippen LogP contribution in [0.15, 0.2) is 42.5 Å². The van der Waals surface area contributed by atoms with Gasteiger partial charge in [-0.25, -0.2) is 4.98 Å². The van der Waals surface area contributed by atoms with E-state index in [0.717, 1.165) is 11.6 Å². The summed E-state index contributed by atoms with van der Waals surface area (Å²) in [5.41, 5.74) is 7.95. The molecular weight excluding hydrogens is 283 g/mol. The van der Waals surface area contributed by atoms with Crippen molar-refractivity contribution in [2.75, 3.05) is 5.73 Å². The number of nitrogens with two attached hydrogens (primary N) is 1. The highest BCUT2D eigenvalue weighted by molar-refractivity contribution is 5.82. The summed E-state index contributed by atoms with van der Waals surface area (Å²) in [6, 6.07) is 11.0. The fraction of sp³-hybridized carbons (Fsp3) is 0.0714. The Morgan fingerprint density at radius 1 is 1.10 bits per heavy atom.